The monoisotopic (exact) mass is 298 g/mol. The Morgan fingerprint density at radius 1 is 0.850 bits per heavy atom. The zero-order chi connectivity index (χ0) is 13.8. The number of thiophene rings is 2. The van der Waals surface area contributed by atoms with Crippen molar-refractivity contribution >= 4 is 22.7 Å². The van der Waals surface area contributed by atoms with Gasteiger partial charge in [0.05, 0.1) is 0 Å². The van der Waals surface area contributed by atoms with Crippen LogP contribution in [0.25, 0.3) is 20.9 Å². The Morgan fingerprint density at radius 2 is 1.60 bits per heavy atom. The second-order valence-electron chi connectivity index (χ2n) is 4.92. The van der Waals surface area contributed by atoms with Crippen molar-refractivity contribution in [3.05, 3.63) is 58.8 Å². The minimum absolute atomic E-state index is 1.22. The van der Waals surface area contributed by atoms with Gasteiger partial charge in [0.1, 0.15) is 0 Å². The quantitative estimate of drug-likeness (QED) is 0.505. The summed E-state index contributed by atoms with van der Waals surface area (Å²) in [5.41, 5.74) is 2.64. The minimum Gasteiger partial charge on any atom is -0.144 e. The normalized spacial score (nSPS) is 10.8. The molecule has 0 aliphatic heterocycles. The van der Waals surface area contributed by atoms with Crippen molar-refractivity contribution in [1.82, 2.24) is 0 Å². The molecule has 0 saturated carbocycles. The molecule has 2 aromatic heterocycles. The highest BCUT2D eigenvalue weighted by Gasteiger charge is 2.04. The second-order valence-corrected chi connectivity index (χ2v) is 7.04. The van der Waals surface area contributed by atoms with Gasteiger partial charge in [-0.1, -0.05) is 43.7 Å². The molecule has 0 radical (unpaired) electrons. The van der Waals surface area contributed by atoms with Crippen LogP contribution in [0.15, 0.2) is 53.9 Å². The van der Waals surface area contributed by atoms with E-state index >= 15 is 0 Å². The molecule has 0 fully saturated rings. The zero-order valence-electron chi connectivity index (χ0n) is 11.6. The molecule has 102 valence electrons. The Bertz CT molecular complexity index is 645. The second kappa shape index (κ2) is 6.38. The van der Waals surface area contributed by atoms with Crippen LogP contribution in [0.3, 0.4) is 0 Å². The lowest BCUT2D eigenvalue weighted by Gasteiger charge is -2.00. The Labute approximate surface area is 128 Å². The maximum absolute atomic E-state index is 2.28. The van der Waals surface area contributed by atoms with E-state index in [1.165, 1.54) is 45.0 Å². The summed E-state index contributed by atoms with van der Waals surface area (Å²) >= 11 is 3.73. The summed E-state index contributed by atoms with van der Waals surface area (Å²) in [6, 6.07) is 17.8. The van der Waals surface area contributed by atoms with E-state index in [2.05, 4.69) is 60.8 Å². The third kappa shape index (κ3) is 3.02. The van der Waals surface area contributed by atoms with Gasteiger partial charge in [0.15, 0.2) is 0 Å². The van der Waals surface area contributed by atoms with Crippen LogP contribution in [-0.4, -0.2) is 0 Å². The summed E-state index contributed by atoms with van der Waals surface area (Å²) in [4.78, 5) is 4.23. The lowest BCUT2D eigenvalue weighted by atomic mass is 10.1. The fourth-order valence-corrected chi connectivity index (χ4v) is 4.05. The average Bonchev–Trinajstić information content (AvgIpc) is 3.17. The van der Waals surface area contributed by atoms with Crippen molar-refractivity contribution < 1.29 is 0 Å². The largest absolute Gasteiger partial charge is 0.144 e. The summed E-state index contributed by atoms with van der Waals surface area (Å²) in [5.74, 6) is 0. The molecule has 2 heteroatoms. The molecule has 0 atom stereocenters. The van der Waals surface area contributed by atoms with Gasteiger partial charge in [-0.2, -0.15) is 0 Å². The molecule has 0 aliphatic carbocycles. The zero-order valence-corrected chi connectivity index (χ0v) is 13.3. The predicted octanol–water partition coefficient (Wildman–Crippen LogP) is 6.49. The van der Waals surface area contributed by atoms with Crippen molar-refractivity contribution in [3.63, 3.8) is 0 Å². The summed E-state index contributed by atoms with van der Waals surface area (Å²) < 4.78 is 0. The van der Waals surface area contributed by atoms with E-state index in [0.717, 1.165) is 0 Å². The first kappa shape index (κ1) is 13.6. The standard InChI is InChI=1S/C18H18S2/c1-2-3-5-16-11-12-18(20-16)15-9-7-14(8-10-15)17-6-4-13-19-17/h4,6-13H,2-3,5H2,1H3. The molecule has 3 rings (SSSR count). The van der Waals surface area contributed by atoms with Crippen LogP contribution in [-0.2, 0) is 6.42 Å². The molecule has 0 aliphatic rings. The summed E-state index contributed by atoms with van der Waals surface area (Å²) in [6.07, 6.45) is 3.77. The molecule has 0 saturated heterocycles. The van der Waals surface area contributed by atoms with Gasteiger partial charge in [-0.3, -0.25) is 0 Å². The number of hydrogen-bond donors (Lipinski definition) is 0. The van der Waals surface area contributed by atoms with Crippen LogP contribution in [0.1, 0.15) is 24.6 Å². The topological polar surface area (TPSA) is 0 Å². The van der Waals surface area contributed by atoms with E-state index < -0.39 is 0 Å². The molecule has 20 heavy (non-hydrogen) atoms. The highest BCUT2D eigenvalue weighted by atomic mass is 32.1. The number of benzene rings is 1. The predicted molar refractivity (Wildman–Crippen MR) is 91.7 cm³/mol. The fourth-order valence-electron chi connectivity index (χ4n) is 2.26. The van der Waals surface area contributed by atoms with Gasteiger partial charge in [0, 0.05) is 14.6 Å². The van der Waals surface area contributed by atoms with E-state index in [1.807, 2.05) is 11.3 Å². The van der Waals surface area contributed by atoms with Gasteiger partial charge < -0.3 is 0 Å². The molecule has 2 heterocycles. The van der Waals surface area contributed by atoms with Gasteiger partial charge in [0.25, 0.3) is 0 Å². The molecule has 0 nitrogen and oxygen atoms in total. The van der Waals surface area contributed by atoms with E-state index in [4.69, 9.17) is 0 Å². The third-order valence-electron chi connectivity index (χ3n) is 3.41. The van der Waals surface area contributed by atoms with Crippen LogP contribution >= 0.6 is 22.7 Å². The van der Waals surface area contributed by atoms with E-state index in [0.29, 0.717) is 0 Å². The molecular weight excluding hydrogens is 280 g/mol. The molecule has 1 aromatic carbocycles. The van der Waals surface area contributed by atoms with Crippen LogP contribution in [0.2, 0.25) is 0 Å². The Kier molecular flexibility index (Phi) is 4.34. The van der Waals surface area contributed by atoms with Crippen molar-refractivity contribution in [1.29, 1.82) is 0 Å². The maximum Gasteiger partial charge on any atom is 0.0345 e. The minimum atomic E-state index is 1.22. The fraction of sp³-hybridized carbons (Fsp3) is 0.222. The van der Waals surface area contributed by atoms with Crippen molar-refractivity contribution in [2.45, 2.75) is 26.2 Å². The Hall–Kier alpha value is -1.38. The summed E-state index contributed by atoms with van der Waals surface area (Å²) in [6.45, 7) is 2.25. The SMILES string of the molecule is CCCCc1ccc(-c2ccc(-c3cccs3)cc2)s1. The molecule has 0 N–H and O–H groups in total. The average molecular weight is 298 g/mol. The van der Waals surface area contributed by atoms with Crippen molar-refractivity contribution in [2.24, 2.45) is 0 Å². The van der Waals surface area contributed by atoms with Crippen molar-refractivity contribution in [2.75, 3.05) is 0 Å². The Morgan fingerprint density at radius 3 is 2.25 bits per heavy atom. The molecule has 0 amide bonds. The molecule has 3 aromatic rings. The smallest absolute Gasteiger partial charge is 0.0345 e. The molecular formula is C18H18S2. The highest BCUT2D eigenvalue weighted by Crippen LogP contribution is 2.31. The number of hydrogen-bond acceptors (Lipinski definition) is 2. The van der Waals surface area contributed by atoms with Crippen LogP contribution in [0, 0.1) is 0 Å². The maximum atomic E-state index is 2.28. The van der Waals surface area contributed by atoms with Gasteiger partial charge in [0.2, 0.25) is 0 Å². The van der Waals surface area contributed by atoms with Crippen LogP contribution in [0.5, 0.6) is 0 Å². The lowest BCUT2D eigenvalue weighted by molar-refractivity contribution is 0.804. The summed E-state index contributed by atoms with van der Waals surface area (Å²) in [7, 11) is 0. The van der Waals surface area contributed by atoms with Gasteiger partial charge in [-0.05, 0) is 47.5 Å². The van der Waals surface area contributed by atoms with Crippen LogP contribution < -0.4 is 0 Å². The molecule has 0 unspecified atom stereocenters. The molecule has 0 bridgehead atoms. The van der Waals surface area contributed by atoms with Crippen LogP contribution in [0.4, 0.5) is 0 Å². The van der Waals surface area contributed by atoms with Crippen molar-refractivity contribution in [3.8, 4) is 20.9 Å². The first-order valence-electron chi connectivity index (χ1n) is 7.10. The highest BCUT2D eigenvalue weighted by molar-refractivity contribution is 7.15. The van der Waals surface area contributed by atoms with Gasteiger partial charge in [-0.25, -0.2) is 0 Å². The number of aryl methyl sites for hydroxylation is 1. The Balaban J connectivity index is 1.79. The van der Waals surface area contributed by atoms with E-state index in [-0.39, 0.29) is 0 Å². The lowest BCUT2D eigenvalue weighted by Crippen LogP contribution is -1.76. The van der Waals surface area contributed by atoms with Gasteiger partial charge in [-0.15, -0.1) is 22.7 Å². The molecule has 0 spiro atoms. The van der Waals surface area contributed by atoms with Gasteiger partial charge >= 0.3 is 0 Å². The number of rotatable bonds is 5. The third-order valence-corrected chi connectivity index (χ3v) is 5.53. The first-order chi connectivity index (χ1) is 9.86. The number of unbranched alkanes of at least 4 members (excludes halogenated alkanes) is 1. The summed E-state index contributed by atoms with van der Waals surface area (Å²) in [5, 5.41) is 2.13. The van der Waals surface area contributed by atoms with E-state index in [9.17, 15) is 0 Å². The van der Waals surface area contributed by atoms with E-state index in [1.54, 1.807) is 11.3 Å². The first-order valence-corrected chi connectivity index (χ1v) is 8.79.